The first-order chi connectivity index (χ1) is 12.8. The molecule has 1 aliphatic heterocycles. The third-order valence-corrected chi connectivity index (χ3v) is 5.27. The van der Waals surface area contributed by atoms with Crippen molar-refractivity contribution in [1.29, 1.82) is 0 Å². The van der Waals surface area contributed by atoms with Crippen LogP contribution in [0, 0.1) is 0 Å². The quantitative estimate of drug-likeness (QED) is 0.562. The summed E-state index contributed by atoms with van der Waals surface area (Å²) in [5, 5.41) is 0. The van der Waals surface area contributed by atoms with Gasteiger partial charge in [-0.05, 0) is 39.2 Å². The van der Waals surface area contributed by atoms with Crippen molar-refractivity contribution >= 4 is 15.9 Å². The molecule has 3 nitrogen and oxygen atoms in total. The third kappa shape index (κ3) is 4.04. The lowest BCUT2D eigenvalue weighted by Gasteiger charge is -2.30. The van der Waals surface area contributed by atoms with Crippen LogP contribution in [0.15, 0.2) is 83.5 Å². The summed E-state index contributed by atoms with van der Waals surface area (Å²) in [6, 6.07) is 27.6. The van der Waals surface area contributed by atoms with Gasteiger partial charge in [-0.1, -0.05) is 66.7 Å². The van der Waals surface area contributed by atoms with Gasteiger partial charge in [0.1, 0.15) is 10.8 Å². The lowest BCUT2D eigenvalue weighted by Crippen LogP contribution is -2.31. The van der Waals surface area contributed by atoms with Crippen LogP contribution in [-0.2, 0) is 13.1 Å². The predicted molar refractivity (Wildman–Crippen MR) is 108 cm³/mol. The Labute approximate surface area is 163 Å². The van der Waals surface area contributed by atoms with Gasteiger partial charge >= 0.3 is 0 Å². The number of hydrogen-bond donors (Lipinski definition) is 0. The molecular weight excluding hydrogens is 386 g/mol. The molecule has 0 N–H and O–H groups in total. The largest absolute Gasteiger partial charge is 0.277 e. The van der Waals surface area contributed by atoms with Crippen molar-refractivity contribution in [3.63, 3.8) is 0 Å². The van der Waals surface area contributed by atoms with Crippen LogP contribution in [0.3, 0.4) is 0 Å². The molecule has 0 atom stereocenters. The van der Waals surface area contributed by atoms with Crippen molar-refractivity contribution in [3.05, 3.63) is 100 Å². The molecule has 4 heteroatoms. The van der Waals surface area contributed by atoms with E-state index in [1.54, 1.807) is 0 Å². The maximum absolute atomic E-state index is 4.77. The molecule has 0 amide bonds. The van der Waals surface area contributed by atoms with E-state index in [0.717, 1.165) is 36.5 Å². The first-order valence-electron chi connectivity index (χ1n) is 8.98. The van der Waals surface area contributed by atoms with E-state index in [9.17, 15) is 0 Å². The van der Waals surface area contributed by atoms with Crippen molar-refractivity contribution in [1.82, 2.24) is 14.8 Å². The van der Waals surface area contributed by atoms with Crippen LogP contribution >= 0.6 is 15.9 Å². The Bertz CT molecular complexity index is 789. The minimum atomic E-state index is 0.188. The Morgan fingerprint density at radius 3 is 1.77 bits per heavy atom. The molecule has 0 aliphatic carbocycles. The van der Waals surface area contributed by atoms with Crippen LogP contribution in [0.1, 0.15) is 23.0 Å². The van der Waals surface area contributed by atoms with Crippen LogP contribution in [0.2, 0.25) is 0 Å². The molecule has 4 rings (SSSR count). The lowest BCUT2D eigenvalue weighted by molar-refractivity contribution is 0.121. The van der Waals surface area contributed by atoms with E-state index in [2.05, 4.69) is 98.5 Å². The molecule has 0 bridgehead atoms. The summed E-state index contributed by atoms with van der Waals surface area (Å²) in [7, 11) is 0. The average Bonchev–Trinajstić information content (AvgIpc) is 3.05. The zero-order chi connectivity index (χ0) is 17.8. The van der Waals surface area contributed by atoms with E-state index in [-0.39, 0.29) is 6.17 Å². The van der Waals surface area contributed by atoms with Gasteiger partial charge in [0, 0.05) is 26.2 Å². The minimum absolute atomic E-state index is 0.188. The number of nitrogens with zero attached hydrogens (tertiary/aromatic N) is 3. The van der Waals surface area contributed by atoms with Crippen LogP contribution in [0.4, 0.5) is 0 Å². The second-order valence-electron chi connectivity index (χ2n) is 6.67. The van der Waals surface area contributed by atoms with Gasteiger partial charge in [-0.25, -0.2) is 4.98 Å². The number of benzene rings is 2. The standard InChI is InChI=1S/C22H22BrN3/c23-21-13-7-12-20(24-21)22-25(16-18-8-3-1-4-9-18)14-15-26(22)17-19-10-5-2-6-11-19/h1-13,22H,14-17H2. The molecule has 26 heavy (non-hydrogen) atoms. The molecule has 0 radical (unpaired) electrons. The summed E-state index contributed by atoms with van der Waals surface area (Å²) >= 11 is 3.53. The average molecular weight is 408 g/mol. The van der Waals surface area contributed by atoms with Gasteiger partial charge in [0.25, 0.3) is 0 Å². The van der Waals surface area contributed by atoms with E-state index in [4.69, 9.17) is 4.98 Å². The van der Waals surface area contributed by atoms with Gasteiger partial charge in [0.15, 0.2) is 0 Å². The highest BCUT2D eigenvalue weighted by Gasteiger charge is 2.34. The number of halogens is 1. The van der Waals surface area contributed by atoms with E-state index in [0.29, 0.717) is 0 Å². The van der Waals surface area contributed by atoms with Crippen LogP contribution in [-0.4, -0.2) is 27.9 Å². The Hall–Kier alpha value is -2.01. The topological polar surface area (TPSA) is 19.4 Å². The first-order valence-corrected chi connectivity index (χ1v) is 9.77. The zero-order valence-electron chi connectivity index (χ0n) is 14.6. The lowest BCUT2D eigenvalue weighted by atomic mass is 10.1. The maximum atomic E-state index is 4.77. The van der Waals surface area contributed by atoms with Gasteiger partial charge in [-0.3, -0.25) is 9.80 Å². The fraction of sp³-hybridized carbons (Fsp3) is 0.227. The van der Waals surface area contributed by atoms with Crippen LogP contribution in [0.25, 0.3) is 0 Å². The smallest absolute Gasteiger partial charge is 0.107 e. The van der Waals surface area contributed by atoms with Gasteiger partial charge in [0.05, 0.1) is 5.69 Å². The zero-order valence-corrected chi connectivity index (χ0v) is 16.2. The second-order valence-corrected chi connectivity index (χ2v) is 7.48. The van der Waals surface area contributed by atoms with Crippen LogP contribution in [0.5, 0.6) is 0 Å². The summed E-state index contributed by atoms with van der Waals surface area (Å²) in [6.45, 7) is 3.96. The van der Waals surface area contributed by atoms with Crippen molar-refractivity contribution < 1.29 is 0 Å². The number of aromatic nitrogens is 1. The molecule has 2 aromatic carbocycles. The van der Waals surface area contributed by atoms with E-state index >= 15 is 0 Å². The van der Waals surface area contributed by atoms with Crippen molar-refractivity contribution in [2.75, 3.05) is 13.1 Å². The summed E-state index contributed by atoms with van der Waals surface area (Å²) < 4.78 is 0.890. The third-order valence-electron chi connectivity index (χ3n) is 4.82. The fourth-order valence-corrected chi connectivity index (χ4v) is 4.00. The molecule has 132 valence electrons. The van der Waals surface area contributed by atoms with Crippen molar-refractivity contribution in [2.45, 2.75) is 19.3 Å². The minimum Gasteiger partial charge on any atom is -0.277 e. The number of pyridine rings is 1. The van der Waals surface area contributed by atoms with Gasteiger partial charge in [-0.15, -0.1) is 0 Å². The summed E-state index contributed by atoms with van der Waals surface area (Å²) in [4.78, 5) is 9.81. The Balaban J connectivity index is 1.61. The van der Waals surface area contributed by atoms with E-state index in [1.165, 1.54) is 11.1 Å². The summed E-state index contributed by atoms with van der Waals surface area (Å²) in [6.07, 6.45) is 0.188. The molecule has 1 aliphatic rings. The van der Waals surface area contributed by atoms with Crippen molar-refractivity contribution in [2.24, 2.45) is 0 Å². The highest BCUT2D eigenvalue weighted by molar-refractivity contribution is 9.10. The molecule has 0 unspecified atom stereocenters. The van der Waals surface area contributed by atoms with Gasteiger partial charge in [-0.2, -0.15) is 0 Å². The summed E-state index contributed by atoms with van der Waals surface area (Å²) in [5.41, 5.74) is 3.78. The highest BCUT2D eigenvalue weighted by Crippen LogP contribution is 2.32. The van der Waals surface area contributed by atoms with Gasteiger partial charge in [0.2, 0.25) is 0 Å². The summed E-state index contributed by atoms with van der Waals surface area (Å²) in [5.74, 6) is 0. The highest BCUT2D eigenvalue weighted by atomic mass is 79.9. The monoisotopic (exact) mass is 407 g/mol. The van der Waals surface area contributed by atoms with E-state index < -0.39 is 0 Å². The molecule has 1 saturated heterocycles. The molecule has 1 aromatic heterocycles. The Kier molecular flexibility index (Phi) is 5.44. The molecule has 1 fully saturated rings. The molecular formula is C22H22BrN3. The molecule has 3 aromatic rings. The fourth-order valence-electron chi connectivity index (χ4n) is 3.64. The van der Waals surface area contributed by atoms with Gasteiger partial charge < -0.3 is 0 Å². The molecule has 0 saturated carbocycles. The normalized spacial score (nSPS) is 16.2. The van der Waals surface area contributed by atoms with Crippen LogP contribution < -0.4 is 0 Å². The number of rotatable bonds is 5. The number of hydrogen-bond acceptors (Lipinski definition) is 3. The maximum Gasteiger partial charge on any atom is 0.107 e. The SMILES string of the molecule is Brc1cccc(C2N(Cc3ccccc3)CCN2Cc2ccccc2)n1. The Morgan fingerprint density at radius 2 is 1.27 bits per heavy atom. The molecule has 0 spiro atoms. The Morgan fingerprint density at radius 1 is 0.731 bits per heavy atom. The van der Waals surface area contributed by atoms with E-state index in [1.807, 2.05) is 6.07 Å². The van der Waals surface area contributed by atoms with Crippen molar-refractivity contribution in [3.8, 4) is 0 Å². The first kappa shape index (κ1) is 17.4. The second kappa shape index (κ2) is 8.12. The molecule has 2 heterocycles. The predicted octanol–water partition coefficient (Wildman–Crippen LogP) is 4.86.